The van der Waals surface area contributed by atoms with Crippen LogP contribution in [0.15, 0.2) is 79.1 Å². The Morgan fingerprint density at radius 1 is 1.00 bits per heavy atom. The summed E-state index contributed by atoms with van der Waals surface area (Å²) in [6.45, 7) is 2.73. The molecule has 4 rings (SSSR count). The summed E-state index contributed by atoms with van der Waals surface area (Å²) in [4.78, 5) is 16.7. The van der Waals surface area contributed by atoms with Gasteiger partial charge >= 0.3 is 0 Å². The smallest absolute Gasteiger partial charge is 0.255 e. The van der Waals surface area contributed by atoms with E-state index in [1.54, 1.807) is 6.20 Å². The summed E-state index contributed by atoms with van der Waals surface area (Å²) in [6, 6.07) is 21.7. The number of carbonyl (C=O) groups excluding carboxylic acids is 1. The molecule has 0 saturated carbocycles. The van der Waals surface area contributed by atoms with Crippen LogP contribution in [0.25, 0.3) is 10.8 Å². The number of hydrogen-bond donors (Lipinski definition) is 1. The normalized spacial score (nSPS) is 10.8. The van der Waals surface area contributed by atoms with E-state index in [4.69, 9.17) is 0 Å². The lowest BCUT2D eigenvalue weighted by Crippen LogP contribution is -2.12. The largest absolute Gasteiger partial charge is 0.331 e. The van der Waals surface area contributed by atoms with E-state index in [1.165, 1.54) is 0 Å². The molecule has 0 unspecified atom stereocenters. The summed E-state index contributed by atoms with van der Waals surface area (Å²) < 4.78 is 2.07. The molecule has 1 heterocycles. The Morgan fingerprint density at radius 2 is 1.77 bits per heavy atom. The zero-order chi connectivity index (χ0) is 17.9. The van der Waals surface area contributed by atoms with Crippen molar-refractivity contribution in [3.63, 3.8) is 0 Å². The van der Waals surface area contributed by atoms with Gasteiger partial charge in [0.2, 0.25) is 0 Å². The third kappa shape index (κ3) is 3.35. The third-order valence-electron chi connectivity index (χ3n) is 4.50. The first-order chi connectivity index (χ1) is 12.7. The van der Waals surface area contributed by atoms with E-state index in [0.29, 0.717) is 5.56 Å². The zero-order valence-corrected chi connectivity index (χ0v) is 14.5. The van der Waals surface area contributed by atoms with Gasteiger partial charge in [0.1, 0.15) is 5.82 Å². The van der Waals surface area contributed by atoms with Crippen molar-refractivity contribution in [1.82, 2.24) is 9.55 Å². The van der Waals surface area contributed by atoms with E-state index in [2.05, 4.69) is 20.9 Å². The number of fused-ring (bicyclic) bond motifs is 1. The van der Waals surface area contributed by atoms with Gasteiger partial charge in [0.25, 0.3) is 5.91 Å². The Hall–Kier alpha value is -3.40. The molecule has 0 radical (unpaired) electrons. The fourth-order valence-corrected chi connectivity index (χ4v) is 3.00. The van der Waals surface area contributed by atoms with Crippen molar-refractivity contribution in [3.05, 3.63) is 96.1 Å². The Bertz CT molecular complexity index is 1060. The van der Waals surface area contributed by atoms with Gasteiger partial charge in [-0.3, -0.25) is 4.79 Å². The Balaban J connectivity index is 1.48. The quantitative estimate of drug-likeness (QED) is 0.587. The fraction of sp³-hybridized carbons (Fsp3) is 0.0909. The average molecular weight is 341 g/mol. The summed E-state index contributed by atoms with van der Waals surface area (Å²) >= 11 is 0. The van der Waals surface area contributed by atoms with Gasteiger partial charge in [-0.05, 0) is 47.5 Å². The highest BCUT2D eigenvalue weighted by molar-refractivity contribution is 6.05. The van der Waals surface area contributed by atoms with E-state index in [9.17, 15) is 4.79 Å². The van der Waals surface area contributed by atoms with Crippen LogP contribution in [-0.4, -0.2) is 15.5 Å². The molecule has 0 atom stereocenters. The second-order valence-electron chi connectivity index (χ2n) is 6.32. The van der Waals surface area contributed by atoms with E-state index in [-0.39, 0.29) is 5.91 Å². The van der Waals surface area contributed by atoms with E-state index in [0.717, 1.165) is 34.4 Å². The summed E-state index contributed by atoms with van der Waals surface area (Å²) in [5.41, 5.74) is 2.57. The molecule has 0 spiro atoms. The van der Waals surface area contributed by atoms with Crippen molar-refractivity contribution in [2.75, 3.05) is 5.32 Å². The van der Waals surface area contributed by atoms with Crippen LogP contribution in [0.4, 0.5) is 5.69 Å². The van der Waals surface area contributed by atoms with Crippen molar-refractivity contribution < 1.29 is 4.79 Å². The number of carbonyl (C=O) groups is 1. The van der Waals surface area contributed by atoms with Gasteiger partial charge in [-0.25, -0.2) is 4.98 Å². The Kier molecular flexibility index (Phi) is 4.23. The molecule has 4 heteroatoms. The lowest BCUT2D eigenvalue weighted by atomic mass is 10.1. The molecule has 3 aromatic carbocycles. The topological polar surface area (TPSA) is 46.9 Å². The van der Waals surface area contributed by atoms with Gasteiger partial charge in [0, 0.05) is 30.2 Å². The lowest BCUT2D eigenvalue weighted by Gasteiger charge is -2.08. The Morgan fingerprint density at radius 3 is 2.50 bits per heavy atom. The van der Waals surface area contributed by atoms with E-state index in [1.807, 2.05) is 73.8 Å². The number of hydrogen-bond acceptors (Lipinski definition) is 2. The van der Waals surface area contributed by atoms with Crippen molar-refractivity contribution in [3.8, 4) is 0 Å². The third-order valence-corrected chi connectivity index (χ3v) is 4.50. The maximum absolute atomic E-state index is 12.5. The molecule has 0 aliphatic rings. The van der Waals surface area contributed by atoms with Crippen molar-refractivity contribution in [2.45, 2.75) is 13.5 Å². The minimum absolute atomic E-state index is 0.106. The van der Waals surface area contributed by atoms with Crippen LogP contribution >= 0.6 is 0 Å². The van der Waals surface area contributed by atoms with Gasteiger partial charge in [-0.15, -0.1) is 0 Å². The number of benzene rings is 3. The van der Waals surface area contributed by atoms with Crippen LogP contribution in [0, 0.1) is 6.92 Å². The molecule has 4 nitrogen and oxygen atoms in total. The van der Waals surface area contributed by atoms with Crippen molar-refractivity contribution in [1.29, 1.82) is 0 Å². The summed E-state index contributed by atoms with van der Waals surface area (Å²) in [6.07, 6.45) is 3.75. The first-order valence-electron chi connectivity index (χ1n) is 8.56. The summed E-state index contributed by atoms with van der Waals surface area (Å²) in [7, 11) is 0. The van der Waals surface area contributed by atoms with E-state index >= 15 is 0 Å². The van der Waals surface area contributed by atoms with Crippen LogP contribution < -0.4 is 5.32 Å². The molecule has 1 N–H and O–H groups in total. The van der Waals surface area contributed by atoms with Crippen molar-refractivity contribution >= 4 is 22.4 Å². The van der Waals surface area contributed by atoms with Crippen LogP contribution in [0.1, 0.15) is 21.7 Å². The molecule has 0 saturated heterocycles. The molecule has 128 valence electrons. The predicted octanol–water partition coefficient (Wildman–Crippen LogP) is 4.65. The summed E-state index contributed by atoms with van der Waals surface area (Å²) in [5.74, 6) is 0.869. The molecular formula is C22H19N3O. The van der Waals surface area contributed by atoms with Crippen LogP contribution in [0.3, 0.4) is 0 Å². The highest BCUT2D eigenvalue weighted by Gasteiger charge is 2.07. The molecule has 4 aromatic rings. The number of nitrogens with one attached hydrogen (secondary N) is 1. The number of rotatable bonds is 4. The van der Waals surface area contributed by atoms with Crippen LogP contribution in [-0.2, 0) is 6.54 Å². The Labute approximate surface area is 152 Å². The number of aromatic nitrogens is 2. The number of aryl methyl sites for hydroxylation is 1. The maximum Gasteiger partial charge on any atom is 0.255 e. The number of anilines is 1. The second-order valence-corrected chi connectivity index (χ2v) is 6.32. The fourth-order valence-electron chi connectivity index (χ4n) is 3.00. The van der Waals surface area contributed by atoms with Crippen LogP contribution in [0.5, 0.6) is 0 Å². The van der Waals surface area contributed by atoms with Crippen LogP contribution in [0.2, 0.25) is 0 Å². The van der Waals surface area contributed by atoms with Gasteiger partial charge in [-0.1, -0.05) is 42.5 Å². The SMILES string of the molecule is Cc1nccn1Cc1ccc(C(=O)Nc2ccc3ccccc3c2)cc1. The lowest BCUT2D eigenvalue weighted by molar-refractivity contribution is 0.102. The molecule has 0 aliphatic carbocycles. The van der Waals surface area contributed by atoms with Gasteiger partial charge < -0.3 is 9.88 Å². The first kappa shape index (κ1) is 16.1. The molecule has 0 fully saturated rings. The molecule has 0 bridgehead atoms. The van der Waals surface area contributed by atoms with Crippen molar-refractivity contribution in [2.24, 2.45) is 0 Å². The zero-order valence-electron chi connectivity index (χ0n) is 14.5. The highest BCUT2D eigenvalue weighted by atomic mass is 16.1. The van der Waals surface area contributed by atoms with Gasteiger partial charge in [0.15, 0.2) is 0 Å². The monoisotopic (exact) mass is 341 g/mol. The predicted molar refractivity (Wildman–Crippen MR) is 104 cm³/mol. The number of amides is 1. The number of imidazole rings is 1. The maximum atomic E-state index is 12.5. The first-order valence-corrected chi connectivity index (χ1v) is 8.56. The second kappa shape index (κ2) is 6.84. The molecular weight excluding hydrogens is 322 g/mol. The minimum atomic E-state index is -0.106. The van der Waals surface area contributed by atoms with Gasteiger partial charge in [-0.2, -0.15) is 0 Å². The molecule has 26 heavy (non-hydrogen) atoms. The minimum Gasteiger partial charge on any atom is -0.331 e. The molecule has 1 aromatic heterocycles. The standard InChI is InChI=1S/C22H19N3O/c1-16-23-12-13-25(16)15-17-6-8-19(9-7-17)22(26)24-21-11-10-18-4-2-3-5-20(18)14-21/h2-14H,15H2,1H3,(H,24,26). The van der Waals surface area contributed by atoms with Gasteiger partial charge in [0.05, 0.1) is 0 Å². The average Bonchev–Trinajstić information content (AvgIpc) is 3.07. The number of nitrogens with zero attached hydrogens (tertiary/aromatic N) is 2. The summed E-state index contributed by atoms with van der Waals surface area (Å²) in [5, 5.41) is 5.24. The molecule has 1 amide bonds. The molecule has 0 aliphatic heterocycles. The van der Waals surface area contributed by atoms with E-state index < -0.39 is 0 Å². The highest BCUT2D eigenvalue weighted by Crippen LogP contribution is 2.19.